The molecule has 0 bridgehead atoms. The Hall–Kier alpha value is -1.48. The molecule has 0 nitrogen and oxygen atoms in total. The van der Waals surface area contributed by atoms with Gasteiger partial charge in [0.1, 0.15) is 0 Å². The zero-order chi connectivity index (χ0) is 12.3. The quantitative estimate of drug-likeness (QED) is 0.490. The SMILES string of the molecule is CCCCCCC#C/C=C/c1ccc(C)cc1. The number of rotatable bonds is 5. The second-order valence-corrected chi connectivity index (χ2v) is 4.38. The Balaban J connectivity index is 2.25. The predicted molar refractivity (Wildman–Crippen MR) is 76.7 cm³/mol. The summed E-state index contributed by atoms with van der Waals surface area (Å²) >= 11 is 0. The van der Waals surface area contributed by atoms with E-state index in [1.165, 1.54) is 36.8 Å². The van der Waals surface area contributed by atoms with Crippen LogP contribution in [0.4, 0.5) is 0 Å². The van der Waals surface area contributed by atoms with Gasteiger partial charge in [-0.05, 0) is 31.1 Å². The lowest BCUT2D eigenvalue weighted by atomic mass is 10.1. The first-order valence-corrected chi connectivity index (χ1v) is 6.54. The van der Waals surface area contributed by atoms with Crippen molar-refractivity contribution >= 4 is 6.08 Å². The lowest BCUT2D eigenvalue weighted by Crippen LogP contribution is -1.74. The van der Waals surface area contributed by atoms with Gasteiger partial charge in [0.05, 0.1) is 0 Å². The largest absolute Gasteiger partial charge is 0.0985 e. The maximum Gasteiger partial charge on any atom is 0.00922 e. The molecule has 0 aliphatic heterocycles. The Morgan fingerprint density at radius 1 is 1.06 bits per heavy atom. The number of unbranched alkanes of at least 4 members (excludes halogenated alkanes) is 4. The lowest BCUT2D eigenvalue weighted by molar-refractivity contribution is 0.680. The molecular formula is C17H22. The van der Waals surface area contributed by atoms with Gasteiger partial charge in [-0.15, -0.1) is 0 Å². The van der Waals surface area contributed by atoms with Gasteiger partial charge >= 0.3 is 0 Å². The van der Waals surface area contributed by atoms with Crippen LogP contribution < -0.4 is 0 Å². The summed E-state index contributed by atoms with van der Waals surface area (Å²) in [6.07, 6.45) is 10.2. The Kier molecular flexibility index (Phi) is 6.91. The molecule has 0 spiro atoms. The van der Waals surface area contributed by atoms with Gasteiger partial charge in [-0.3, -0.25) is 0 Å². The minimum atomic E-state index is 1.03. The molecule has 0 saturated carbocycles. The Labute approximate surface area is 106 Å². The molecule has 17 heavy (non-hydrogen) atoms. The van der Waals surface area contributed by atoms with E-state index in [0.717, 1.165) is 6.42 Å². The fourth-order valence-electron chi connectivity index (χ4n) is 1.59. The number of hydrogen-bond donors (Lipinski definition) is 0. The average molecular weight is 226 g/mol. The van der Waals surface area contributed by atoms with Crippen LogP contribution in [0.2, 0.25) is 0 Å². The van der Waals surface area contributed by atoms with Crippen LogP contribution in [-0.2, 0) is 0 Å². The molecular weight excluding hydrogens is 204 g/mol. The standard InChI is InChI=1S/C17H22/c1-3-4-5-6-7-8-9-10-11-17-14-12-16(2)13-15-17/h10-15H,3-7H2,1-2H3/b11-10+. The van der Waals surface area contributed by atoms with Crippen LogP contribution >= 0.6 is 0 Å². The first-order chi connectivity index (χ1) is 8.33. The van der Waals surface area contributed by atoms with E-state index >= 15 is 0 Å². The van der Waals surface area contributed by atoms with Crippen molar-refractivity contribution in [1.82, 2.24) is 0 Å². The van der Waals surface area contributed by atoms with Crippen LogP contribution in [0.5, 0.6) is 0 Å². The summed E-state index contributed by atoms with van der Waals surface area (Å²) in [6.45, 7) is 4.33. The topological polar surface area (TPSA) is 0 Å². The fourth-order valence-corrected chi connectivity index (χ4v) is 1.59. The van der Waals surface area contributed by atoms with Crippen molar-refractivity contribution in [3.8, 4) is 11.8 Å². The van der Waals surface area contributed by atoms with E-state index in [0.29, 0.717) is 0 Å². The number of benzene rings is 1. The third-order valence-corrected chi connectivity index (χ3v) is 2.69. The molecule has 90 valence electrons. The normalized spacial score (nSPS) is 10.2. The van der Waals surface area contributed by atoms with Gasteiger partial charge in [0, 0.05) is 6.42 Å². The summed E-state index contributed by atoms with van der Waals surface area (Å²) in [5.41, 5.74) is 2.51. The van der Waals surface area contributed by atoms with E-state index in [-0.39, 0.29) is 0 Å². The minimum Gasteiger partial charge on any atom is -0.0985 e. The summed E-state index contributed by atoms with van der Waals surface area (Å²) < 4.78 is 0. The monoisotopic (exact) mass is 226 g/mol. The van der Waals surface area contributed by atoms with Crippen molar-refractivity contribution in [2.75, 3.05) is 0 Å². The van der Waals surface area contributed by atoms with E-state index in [1.807, 2.05) is 6.08 Å². The van der Waals surface area contributed by atoms with Gasteiger partial charge in [-0.1, -0.05) is 67.9 Å². The van der Waals surface area contributed by atoms with Crippen molar-refractivity contribution < 1.29 is 0 Å². The molecule has 0 heterocycles. The molecule has 0 radical (unpaired) electrons. The number of allylic oxidation sites excluding steroid dienone is 1. The molecule has 0 aliphatic carbocycles. The Morgan fingerprint density at radius 3 is 2.53 bits per heavy atom. The zero-order valence-electron chi connectivity index (χ0n) is 11.0. The van der Waals surface area contributed by atoms with Crippen molar-refractivity contribution in [2.24, 2.45) is 0 Å². The molecule has 0 amide bonds. The van der Waals surface area contributed by atoms with Crippen molar-refractivity contribution in [3.63, 3.8) is 0 Å². The van der Waals surface area contributed by atoms with Crippen LogP contribution in [0.3, 0.4) is 0 Å². The molecule has 0 saturated heterocycles. The highest BCUT2D eigenvalue weighted by atomic mass is 13.9. The second kappa shape index (κ2) is 8.65. The van der Waals surface area contributed by atoms with Gasteiger partial charge in [0.2, 0.25) is 0 Å². The minimum absolute atomic E-state index is 1.03. The van der Waals surface area contributed by atoms with Gasteiger partial charge < -0.3 is 0 Å². The summed E-state index contributed by atoms with van der Waals surface area (Å²) in [6, 6.07) is 8.49. The van der Waals surface area contributed by atoms with E-state index in [4.69, 9.17) is 0 Å². The molecule has 0 unspecified atom stereocenters. The molecule has 0 heteroatoms. The van der Waals surface area contributed by atoms with Gasteiger partial charge in [0.25, 0.3) is 0 Å². The predicted octanol–water partition coefficient (Wildman–Crippen LogP) is 4.98. The highest BCUT2D eigenvalue weighted by molar-refractivity contribution is 5.52. The number of aryl methyl sites for hydroxylation is 1. The molecule has 0 N–H and O–H groups in total. The molecule has 0 fully saturated rings. The highest BCUT2D eigenvalue weighted by Gasteiger charge is 1.85. The van der Waals surface area contributed by atoms with E-state index < -0.39 is 0 Å². The third-order valence-electron chi connectivity index (χ3n) is 2.69. The molecule has 1 aromatic carbocycles. The van der Waals surface area contributed by atoms with E-state index in [2.05, 4.69) is 56.0 Å². The molecule has 0 aliphatic rings. The smallest absolute Gasteiger partial charge is 0.00922 e. The van der Waals surface area contributed by atoms with E-state index in [9.17, 15) is 0 Å². The van der Waals surface area contributed by atoms with Gasteiger partial charge in [-0.2, -0.15) is 0 Å². The maximum atomic E-state index is 3.19. The molecule has 1 aromatic rings. The second-order valence-electron chi connectivity index (χ2n) is 4.38. The molecule has 0 atom stereocenters. The molecule has 1 rings (SSSR count). The first-order valence-electron chi connectivity index (χ1n) is 6.54. The van der Waals surface area contributed by atoms with Gasteiger partial charge in [-0.25, -0.2) is 0 Å². The summed E-state index contributed by atoms with van der Waals surface area (Å²) in [4.78, 5) is 0. The molecule has 0 aromatic heterocycles. The Morgan fingerprint density at radius 2 is 1.82 bits per heavy atom. The maximum absolute atomic E-state index is 3.19. The summed E-state index contributed by atoms with van der Waals surface area (Å²) in [5, 5.41) is 0. The summed E-state index contributed by atoms with van der Waals surface area (Å²) in [7, 11) is 0. The lowest BCUT2D eigenvalue weighted by Gasteiger charge is -1.92. The summed E-state index contributed by atoms with van der Waals surface area (Å²) in [5.74, 6) is 6.28. The Bertz CT molecular complexity index is 384. The van der Waals surface area contributed by atoms with Gasteiger partial charge in [0.15, 0.2) is 0 Å². The van der Waals surface area contributed by atoms with Crippen LogP contribution in [-0.4, -0.2) is 0 Å². The van der Waals surface area contributed by atoms with Crippen molar-refractivity contribution in [2.45, 2.75) is 46.0 Å². The number of hydrogen-bond acceptors (Lipinski definition) is 0. The van der Waals surface area contributed by atoms with Crippen molar-refractivity contribution in [1.29, 1.82) is 0 Å². The van der Waals surface area contributed by atoms with Crippen molar-refractivity contribution in [3.05, 3.63) is 41.5 Å². The first kappa shape index (κ1) is 13.6. The van der Waals surface area contributed by atoms with E-state index in [1.54, 1.807) is 0 Å². The van der Waals surface area contributed by atoms with Crippen LogP contribution in [0.15, 0.2) is 30.3 Å². The van der Waals surface area contributed by atoms with Crippen LogP contribution in [0, 0.1) is 18.8 Å². The average Bonchev–Trinajstić information content (AvgIpc) is 2.35. The van der Waals surface area contributed by atoms with Crippen LogP contribution in [0.25, 0.3) is 6.08 Å². The zero-order valence-corrected chi connectivity index (χ0v) is 11.0. The fraction of sp³-hybridized carbons (Fsp3) is 0.412. The third kappa shape index (κ3) is 6.64. The highest BCUT2D eigenvalue weighted by Crippen LogP contribution is 2.04. The van der Waals surface area contributed by atoms with Crippen LogP contribution in [0.1, 0.15) is 50.2 Å².